The van der Waals surface area contributed by atoms with Gasteiger partial charge in [0.15, 0.2) is 0 Å². The Kier molecular flexibility index (Phi) is 2.01. The van der Waals surface area contributed by atoms with Crippen LogP contribution < -0.4 is 4.90 Å². The maximum Gasteiger partial charge on any atom is 0.238 e. The Morgan fingerprint density at radius 3 is 1.95 bits per heavy atom. The molecule has 3 fully saturated rings. The van der Waals surface area contributed by atoms with Crippen molar-refractivity contribution in [3.05, 3.63) is 42.2 Å². The number of benzene rings is 1. The summed E-state index contributed by atoms with van der Waals surface area (Å²) in [5.74, 6) is 0.722. The van der Waals surface area contributed by atoms with Gasteiger partial charge in [-0.3, -0.25) is 14.5 Å². The van der Waals surface area contributed by atoms with Crippen LogP contribution in [0.4, 0.5) is 10.1 Å². The minimum atomic E-state index is -0.363. The Balaban J connectivity index is 1.58. The summed E-state index contributed by atoms with van der Waals surface area (Å²) in [5, 5.41) is 0. The molecule has 0 unspecified atom stereocenters. The third-order valence-electron chi connectivity index (χ3n) is 5.75. The smallest absolute Gasteiger partial charge is 0.238 e. The molecular formula is C17H14FNO2. The van der Waals surface area contributed by atoms with E-state index in [2.05, 4.69) is 12.2 Å². The maximum atomic E-state index is 13.1. The highest BCUT2D eigenvalue weighted by atomic mass is 19.1. The van der Waals surface area contributed by atoms with E-state index >= 15 is 0 Å². The summed E-state index contributed by atoms with van der Waals surface area (Å²) in [6, 6.07) is 5.61. The van der Waals surface area contributed by atoms with E-state index in [1.165, 1.54) is 29.2 Å². The molecule has 1 aromatic rings. The highest BCUT2D eigenvalue weighted by Gasteiger charge is 2.67. The van der Waals surface area contributed by atoms with Crippen LogP contribution in [0.25, 0.3) is 0 Å². The molecule has 1 aliphatic heterocycles. The van der Waals surface area contributed by atoms with E-state index in [0.717, 1.165) is 6.42 Å². The predicted octanol–water partition coefficient (Wildman–Crippen LogP) is 2.38. The van der Waals surface area contributed by atoms with Crippen LogP contribution in [0.3, 0.4) is 0 Å². The van der Waals surface area contributed by atoms with Gasteiger partial charge >= 0.3 is 0 Å². The summed E-state index contributed by atoms with van der Waals surface area (Å²) in [6.07, 6.45) is 5.46. The molecule has 6 rings (SSSR count). The zero-order valence-electron chi connectivity index (χ0n) is 11.3. The van der Waals surface area contributed by atoms with Crippen LogP contribution in [-0.4, -0.2) is 11.8 Å². The molecule has 0 radical (unpaired) electrons. The molecule has 0 N–H and O–H groups in total. The lowest BCUT2D eigenvalue weighted by atomic mass is 9.63. The maximum absolute atomic E-state index is 13.1. The van der Waals surface area contributed by atoms with Crippen LogP contribution in [0.2, 0.25) is 0 Å². The number of amides is 2. The van der Waals surface area contributed by atoms with Crippen molar-refractivity contribution in [1.29, 1.82) is 0 Å². The summed E-state index contributed by atoms with van der Waals surface area (Å²) >= 11 is 0. The van der Waals surface area contributed by atoms with Gasteiger partial charge < -0.3 is 0 Å². The van der Waals surface area contributed by atoms with E-state index in [1.807, 2.05) is 0 Å². The number of allylic oxidation sites excluding steroid dienone is 2. The Labute approximate surface area is 121 Å². The minimum Gasteiger partial charge on any atom is -0.274 e. The molecule has 106 valence electrons. The van der Waals surface area contributed by atoms with Crippen molar-refractivity contribution in [2.24, 2.45) is 35.5 Å². The van der Waals surface area contributed by atoms with Crippen molar-refractivity contribution in [3.63, 3.8) is 0 Å². The van der Waals surface area contributed by atoms with Gasteiger partial charge in [-0.2, -0.15) is 0 Å². The molecule has 3 nitrogen and oxygen atoms in total. The van der Waals surface area contributed by atoms with Crippen molar-refractivity contribution in [2.45, 2.75) is 6.42 Å². The van der Waals surface area contributed by atoms with Crippen LogP contribution in [0.5, 0.6) is 0 Å². The van der Waals surface area contributed by atoms with Crippen molar-refractivity contribution in [2.75, 3.05) is 4.90 Å². The number of rotatable bonds is 1. The normalized spacial score (nSPS) is 42.2. The largest absolute Gasteiger partial charge is 0.274 e. The second-order valence-corrected chi connectivity index (χ2v) is 6.64. The van der Waals surface area contributed by atoms with Gasteiger partial charge in [0.2, 0.25) is 11.8 Å². The Morgan fingerprint density at radius 1 is 0.905 bits per heavy atom. The van der Waals surface area contributed by atoms with Gasteiger partial charge in [-0.15, -0.1) is 0 Å². The Bertz CT molecular complexity index is 659. The van der Waals surface area contributed by atoms with E-state index < -0.39 is 0 Å². The topological polar surface area (TPSA) is 37.4 Å². The summed E-state index contributed by atoms with van der Waals surface area (Å²) in [5.41, 5.74) is 0.494. The van der Waals surface area contributed by atoms with Crippen molar-refractivity contribution >= 4 is 17.5 Å². The highest BCUT2D eigenvalue weighted by Crippen LogP contribution is 2.65. The SMILES string of the molecule is O=C1[C@@H]2[C@H]3C=C[C@@H]([C@@H]4C[C@@H]34)[C@H]2C(=O)N1c1ccc(F)cc1. The van der Waals surface area contributed by atoms with Crippen LogP contribution in [-0.2, 0) is 9.59 Å². The van der Waals surface area contributed by atoms with Crippen LogP contribution in [0.1, 0.15) is 6.42 Å². The van der Waals surface area contributed by atoms with Crippen molar-refractivity contribution < 1.29 is 14.0 Å². The lowest BCUT2D eigenvalue weighted by molar-refractivity contribution is -0.124. The molecule has 2 saturated carbocycles. The fourth-order valence-corrected chi connectivity index (χ4v) is 4.80. The molecule has 4 aliphatic carbocycles. The first-order valence-corrected chi connectivity index (χ1v) is 7.48. The lowest BCUT2D eigenvalue weighted by Crippen LogP contribution is -2.40. The van der Waals surface area contributed by atoms with Gasteiger partial charge in [-0.05, 0) is 54.4 Å². The van der Waals surface area contributed by atoms with Crippen molar-refractivity contribution in [1.82, 2.24) is 0 Å². The second-order valence-electron chi connectivity index (χ2n) is 6.64. The first-order chi connectivity index (χ1) is 10.2. The molecule has 2 amide bonds. The third-order valence-corrected chi connectivity index (χ3v) is 5.75. The van der Waals surface area contributed by atoms with E-state index in [4.69, 9.17) is 0 Å². The highest BCUT2D eigenvalue weighted by molar-refractivity contribution is 6.22. The zero-order valence-corrected chi connectivity index (χ0v) is 11.3. The first kappa shape index (κ1) is 11.7. The molecule has 5 aliphatic rings. The van der Waals surface area contributed by atoms with Gasteiger partial charge in [-0.1, -0.05) is 12.2 Å². The minimum absolute atomic E-state index is 0.0960. The van der Waals surface area contributed by atoms with E-state index in [1.54, 1.807) is 0 Å². The number of carbonyl (C=O) groups excluding carboxylic acids is 2. The van der Waals surface area contributed by atoms with Gasteiger partial charge in [0.1, 0.15) is 5.82 Å². The third kappa shape index (κ3) is 1.33. The standard InChI is InChI=1S/C17H14FNO2/c18-8-1-3-9(4-2-8)19-16(20)14-10-5-6-11(13-7-12(10)13)15(14)17(19)21/h1-6,10-15H,7H2/t10-,11-,12-,13-,14+,15+/m0/s1. The van der Waals surface area contributed by atoms with Gasteiger partial charge in [0.25, 0.3) is 0 Å². The molecule has 2 bridgehead atoms. The average molecular weight is 283 g/mol. The quantitative estimate of drug-likeness (QED) is 0.586. The number of hydrogen-bond donors (Lipinski definition) is 0. The van der Waals surface area contributed by atoms with E-state index in [-0.39, 0.29) is 41.3 Å². The molecule has 1 saturated heterocycles. The summed E-state index contributed by atoms with van der Waals surface area (Å²) < 4.78 is 13.1. The summed E-state index contributed by atoms with van der Waals surface area (Å²) in [4.78, 5) is 26.8. The lowest BCUT2D eigenvalue weighted by Gasteiger charge is -2.37. The molecule has 0 aromatic heterocycles. The predicted molar refractivity (Wildman–Crippen MR) is 73.6 cm³/mol. The van der Waals surface area contributed by atoms with Crippen LogP contribution >= 0.6 is 0 Å². The first-order valence-electron chi connectivity index (χ1n) is 7.48. The fourth-order valence-electron chi connectivity index (χ4n) is 4.80. The van der Waals surface area contributed by atoms with Crippen LogP contribution in [0.15, 0.2) is 36.4 Å². The molecule has 4 heteroatoms. The number of hydrogen-bond acceptors (Lipinski definition) is 2. The number of carbonyl (C=O) groups is 2. The van der Waals surface area contributed by atoms with Crippen LogP contribution in [0, 0.1) is 41.3 Å². The molecule has 6 atom stereocenters. The zero-order chi connectivity index (χ0) is 14.3. The van der Waals surface area contributed by atoms with Gasteiger partial charge in [0, 0.05) is 0 Å². The summed E-state index contributed by atoms with van der Waals surface area (Å²) in [7, 11) is 0. The number of nitrogens with zero attached hydrogens (tertiary/aromatic N) is 1. The molecule has 1 heterocycles. The van der Waals surface area contributed by atoms with E-state index in [9.17, 15) is 14.0 Å². The monoisotopic (exact) mass is 283 g/mol. The number of anilines is 1. The van der Waals surface area contributed by atoms with E-state index in [0.29, 0.717) is 17.5 Å². The van der Waals surface area contributed by atoms with Crippen molar-refractivity contribution in [3.8, 4) is 0 Å². The number of halogens is 1. The molecular weight excluding hydrogens is 269 g/mol. The van der Waals surface area contributed by atoms with Gasteiger partial charge in [-0.25, -0.2) is 4.39 Å². The van der Waals surface area contributed by atoms with Gasteiger partial charge in [0.05, 0.1) is 17.5 Å². The second kappa shape index (κ2) is 3.62. The Morgan fingerprint density at radius 2 is 1.43 bits per heavy atom. The summed E-state index contributed by atoms with van der Waals surface area (Å²) in [6.45, 7) is 0. The molecule has 21 heavy (non-hydrogen) atoms. The molecule has 1 aromatic carbocycles. The average Bonchev–Trinajstić information content (AvgIpc) is 3.26. The Hall–Kier alpha value is -1.97. The number of imide groups is 1. The fraction of sp³-hybridized carbons (Fsp3) is 0.412. The molecule has 0 spiro atoms.